The Kier molecular flexibility index (Phi) is 5.54. The average Bonchev–Trinajstić information content (AvgIpc) is 3.27. The van der Waals surface area contributed by atoms with E-state index in [0.29, 0.717) is 16.9 Å². The molecule has 1 fully saturated rings. The zero-order valence-electron chi connectivity index (χ0n) is 20.4. The Morgan fingerprint density at radius 1 is 1.19 bits per heavy atom. The van der Waals surface area contributed by atoms with Gasteiger partial charge >= 0.3 is 12.1 Å². The zero-order chi connectivity index (χ0) is 25.8. The number of nitrogens with one attached hydrogen (secondary N) is 1. The normalized spacial score (nSPS) is 16.8. The quantitative estimate of drug-likeness (QED) is 0.481. The summed E-state index contributed by atoms with van der Waals surface area (Å²) in [4.78, 5) is 39.2. The minimum atomic E-state index is -1.25. The van der Waals surface area contributed by atoms with Crippen LogP contribution in [0.1, 0.15) is 56.1 Å². The van der Waals surface area contributed by atoms with Gasteiger partial charge in [0.05, 0.1) is 5.52 Å². The topological polar surface area (TPSA) is 101 Å². The van der Waals surface area contributed by atoms with Crippen molar-refractivity contribution in [2.45, 2.75) is 63.8 Å². The molecule has 3 aromatic rings. The van der Waals surface area contributed by atoms with Gasteiger partial charge in [-0.2, -0.15) is 0 Å². The van der Waals surface area contributed by atoms with Crippen molar-refractivity contribution in [2.75, 3.05) is 5.32 Å². The number of carboxylic acid groups (broad SMARTS) is 1. The number of esters is 1. The van der Waals surface area contributed by atoms with Crippen molar-refractivity contribution < 1.29 is 28.6 Å². The van der Waals surface area contributed by atoms with Crippen LogP contribution in [0.15, 0.2) is 48.5 Å². The van der Waals surface area contributed by atoms with Crippen LogP contribution in [0.5, 0.6) is 0 Å². The minimum Gasteiger partial charge on any atom is -0.465 e. The Morgan fingerprint density at radius 2 is 1.94 bits per heavy atom. The summed E-state index contributed by atoms with van der Waals surface area (Å²) in [5, 5.41) is 13.6. The third-order valence-electron chi connectivity index (χ3n) is 6.96. The van der Waals surface area contributed by atoms with Gasteiger partial charge in [0.25, 0.3) is 0 Å². The van der Waals surface area contributed by atoms with Gasteiger partial charge in [0.1, 0.15) is 17.6 Å². The maximum atomic E-state index is 13.8. The predicted molar refractivity (Wildman–Crippen MR) is 131 cm³/mol. The molecule has 2 N–H and O–H groups in total. The van der Waals surface area contributed by atoms with Crippen LogP contribution in [0.4, 0.5) is 14.9 Å². The van der Waals surface area contributed by atoms with Crippen LogP contribution in [-0.4, -0.2) is 44.1 Å². The van der Waals surface area contributed by atoms with Gasteiger partial charge < -0.3 is 15.2 Å². The van der Waals surface area contributed by atoms with Crippen molar-refractivity contribution in [2.24, 2.45) is 0 Å². The van der Waals surface area contributed by atoms with E-state index >= 15 is 0 Å². The highest BCUT2D eigenvalue weighted by Gasteiger charge is 2.50. The second-order valence-corrected chi connectivity index (χ2v) is 10.5. The van der Waals surface area contributed by atoms with Crippen LogP contribution in [0.25, 0.3) is 10.9 Å². The van der Waals surface area contributed by atoms with Crippen LogP contribution in [0.2, 0.25) is 0 Å². The smallest absolute Gasteiger partial charge is 0.408 e. The second-order valence-electron chi connectivity index (χ2n) is 10.5. The molecule has 1 atom stereocenters. The second kappa shape index (κ2) is 8.36. The largest absolute Gasteiger partial charge is 0.465 e. The standard InChI is InChI=1S/C27H28FN3O5/c1-26(2,3)31(25(34)35)21(13-16-6-4-7-18(28)12-16)23(32)29-19-8-9-20-17(14-19)15-22-24(33)36-27(30(20)22)10-5-11-27/h4,6-9,12,14-15,21H,5,10-11,13H2,1-3H3,(H,29,32)(H,34,35)/t21-/m0/s1. The van der Waals surface area contributed by atoms with Gasteiger partial charge in [-0.25, -0.2) is 14.0 Å². The van der Waals surface area contributed by atoms with E-state index in [-0.39, 0.29) is 12.4 Å². The van der Waals surface area contributed by atoms with Crippen molar-refractivity contribution in [1.82, 2.24) is 9.47 Å². The van der Waals surface area contributed by atoms with Gasteiger partial charge in [-0.1, -0.05) is 12.1 Å². The van der Waals surface area contributed by atoms with Gasteiger partial charge in [0.2, 0.25) is 5.91 Å². The molecule has 2 aromatic carbocycles. The summed E-state index contributed by atoms with van der Waals surface area (Å²) in [6, 6.07) is 11.8. The van der Waals surface area contributed by atoms with E-state index < -0.39 is 35.1 Å². The maximum Gasteiger partial charge on any atom is 0.408 e. The predicted octanol–water partition coefficient (Wildman–Crippen LogP) is 5.12. The van der Waals surface area contributed by atoms with E-state index in [4.69, 9.17) is 4.74 Å². The molecule has 0 bridgehead atoms. The summed E-state index contributed by atoms with van der Waals surface area (Å²) in [7, 11) is 0. The molecule has 1 aromatic heterocycles. The maximum absolute atomic E-state index is 13.8. The molecule has 1 saturated carbocycles. The number of amides is 2. The summed E-state index contributed by atoms with van der Waals surface area (Å²) in [5.41, 5.74) is 0.814. The fourth-order valence-electron chi connectivity index (χ4n) is 5.26. The third-order valence-corrected chi connectivity index (χ3v) is 6.96. The van der Waals surface area contributed by atoms with Crippen molar-refractivity contribution in [3.63, 3.8) is 0 Å². The molecule has 1 aliphatic heterocycles. The van der Waals surface area contributed by atoms with Crippen molar-refractivity contribution in [1.29, 1.82) is 0 Å². The van der Waals surface area contributed by atoms with E-state index in [9.17, 15) is 23.9 Å². The van der Waals surface area contributed by atoms with E-state index in [2.05, 4.69) is 5.32 Å². The van der Waals surface area contributed by atoms with Gasteiger partial charge in [0.15, 0.2) is 5.72 Å². The number of carbonyl (C=O) groups is 3. The molecule has 2 amide bonds. The van der Waals surface area contributed by atoms with Crippen LogP contribution >= 0.6 is 0 Å². The number of fused-ring (bicyclic) bond motifs is 4. The number of ether oxygens (including phenoxy) is 1. The lowest BCUT2D eigenvalue weighted by Crippen LogP contribution is -2.56. The van der Waals surface area contributed by atoms with E-state index in [0.717, 1.165) is 35.1 Å². The van der Waals surface area contributed by atoms with Gasteiger partial charge in [-0.3, -0.25) is 14.3 Å². The Labute approximate surface area is 207 Å². The first-order valence-corrected chi connectivity index (χ1v) is 12.0. The zero-order valence-corrected chi connectivity index (χ0v) is 20.4. The number of nitrogens with zero attached hydrogens (tertiary/aromatic N) is 2. The molecule has 0 unspecified atom stereocenters. The van der Waals surface area contributed by atoms with Crippen LogP contribution < -0.4 is 5.32 Å². The third kappa shape index (κ3) is 3.98. The first kappa shape index (κ1) is 23.8. The Balaban J connectivity index is 1.46. The first-order valence-electron chi connectivity index (χ1n) is 12.0. The molecule has 0 radical (unpaired) electrons. The highest BCUT2D eigenvalue weighted by molar-refractivity contribution is 6.01. The monoisotopic (exact) mass is 493 g/mol. The number of aromatic nitrogens is 1. The van der Waals surface area contributed by atoms with Crippen molar-refractivity contribution in [3.8, 4) is 0 Å². The number of anilines is 1. The Morgan fingerprint density at radius 3 is 2.56 bits per heavy atom. The van der Waals surface area contributed by atoms with Crippen molar-refractivity contribution >= 4 is 34.6 Å². The molecule has 8 nitrogen and oxygen atoms in total. The lowest BCUT2D eigenvalue weighted by Gasteiger charge is -2.39. The molecule has 1 aliphatic carbocycles. The average molecular weight is 494 g/mol. The molecule has 9 heteroatoms. The molecule has 1 spiro atoms. The highest BCUT2D eigenvalue weighted by Crippen LogP contribution is 2.48. The molecule has 2 heterocycles. The summed E-state index contributed by atoms with van der Waals surface area (Å²) in [6.45, 7) is 5.12. The molecule has 2 aliphatic rings. The number of halogens is 1. The number of rotatable bonds is 5. The van der Waals surface area contributed by atoms with E-state index in [1.54, 1.807) is 45.0 Å². The van der Waals surface area contributed by atoms with Crippen molar-refractivity contribution in [3.05, 3.63) is 65.6 Å². The van der Waals surface area contributed by atoms with Gasteiger partial charge in [0, 0.05) is 35.9 Å². The van der Waals surface area contributed by atoms with E-state index in [1.165, 1.54) is 18.2 Å². The SMILES string of the molecule is CC(C)(C)N(C(=O)O)[C@@H](Cc1cccc(F)c1)C(=O)Nc1ccc2c(c1)cc1n2C2(CCC2)OC1=O. The molecular formula is C27H28FN3O5. The highest BCUT2D eigenvalue weighted by atomic mass is 19.1. The number of hydrogen-bond acceptors (Lipinski definition) is 4. The molecule has 188 valence electrons. The summed E-state index contributed by atoms with van der Waals surface area (Å²) in [6.07, 6.45) is 1.29. The van der Waals surface area contributed by atoms with E-state index in [1.807, 2.05) is 10.6 Å². The fraction of sp³-hybridized carbons (Fsp3) is 0.370. The van der Waals surface area contributed by atoms with Gasteiger partial charge in [-0.15, -0.1) is 0 Å². The number of hydrogen-bond donors (Lipinski definition) is 2. The van der Waals surface area contributed by atoms with Gasteiger partial charge in [-0.05, 0) is 69.2 Å². The first-order chi connectivity index (χ1) is 17.0. The Bertz CT molecular complexity index is 1390. The minimum absolute atomic E-state index is 0.00426. The van der Waals surface area contributed by atoms with Crippen LogP contribution in [0.3, 0.4) is 0 Å². The summed E-state index contributed by atoms with van der Waals surface area (Å²) < 4.78 is 21.4. The number of carbonyl (C=O) groups excluding carboxylic acids is 2. The summed E-state index contributed by atoms with van der Waals surface area (Å²) >= 11 is 0. The molecule has 36 heavy (non-hydrogen) atoms. The fourth-order valence-corrected chi connectivity index (χ4v) is 5.26. The number of benzene rings is 2. The molecule has 5 rings (SSSR count). The molecular weight excluding hydrogens is 465 g/mol. The van der Waals surface area contributed by atoms with Crippen LogP contribution in [-0.2, 0) is 21.7 Å². The lowest BCUT2D eigenvalue weighted by atomic mass is 9.88. The Hall–Kier alpha value is -3.88. The lowest BCUT2D eigenvalue weighted by molar-refractivity contribution is -0.122. The summed E-state index contributed by atoms with van der Waals surface area (Å²) in [5.74, 6) is -1.34. The van der Waals surface area contributed by atoms with Crippen LogP contribution in [0, 0.1) is 5.82 Å². The molecule has 0 saturated heterocycles.